The van der Waals surface area contributed by atoms with Crippen molar-refractivity contribution in [1.82, 2.24) is 5.32 Å². The van der Waals surface area contributed by atoms with E-state index in [-0.39, 0.29) is 41.5 Å². The van der Waals surface area contributed by atoms with E-state index in [1.807, 2.05) is 6.92 Å². The summed E-state index contributed by atoms with van der Waals surface area (Å²) in [5, 5.41) is 23.0. The topological polar surface area (TPSA) is 130 Å². The molecular weight excluding hydrogens is 585 g/mol. The lowest BCUT2D eigenvalue weighted by Crippen LogP contribution is -2.78. The first-order valence-corrected chi connectivity index (χ1v) is 16.8. The lowest BCUT2D eigenvalue weighted by Gasteiger charge is -2.67. The van der Waals surface area contributed by atoms with Crippen molar-refractivity contribution in [2.24, 2.45) is 28.2 Å². The lowest BCUT2D eigenvalue weighted by molar-refractivity contribution is -0.351. The number of aliphatic imine (C=N–C) groups is 1. The second-order valence-corrected chi connectivity index (χ2v) is 14.1. The number of ether oxygens (including phenoxy) is 3. The van der Waals surface area contributed by atoms with Crippen LogP contribution in [0.15, 0.2) is 39.6 Å². The Kier molecular flexibility index (Phi) is 9.62. The van der Waals surface area contributed by atoms with Crippen LogP contribution in [0.3, 0.4) is 0 Å². The Labute approximate surface area is 263 Å². The fourth-order valence-corrected chi connectivity index (χ4v) is 9.99. The molecule has 0 aromatic heterocycles. The van der Waals surface area contributed by atoms with Crippen LogP contribution in [0, 0.1) is 28.6 Å². The number of thioether (sulfide) groups is 1. The number of methoxy groups -OCH3 is 1. The molecular formula is C33H46FN3O6S. The third-order valence-electron chi connectivity index (χ3n) is 10.8. The molecule has 44 heavy (non-hydrogen) atoms. The maximum atomic E-state index is 13.5. The lowest BCUT2D eigenvalue weighted by atomic mass is 9.47. The van der Waals surface area contributed by atoms with Crippen molar-refractivity contribution < 1.29 is 33.3 Å². The van der Waals surface area contributed by atoms with Gasteiger partial charge >= 0.3 is 5.97 Å². The van der Waals surface area contributed by atoms with Crippen molar-refractivity contribution >= 4 is 35.6 Å². The van der Waals surface area contributed by atoms with Crippen LogP contribution in [0.25, 0.3) is 0 Å². The highest BCUT2D eigenvalue weighted by Crippen LogP contribution is 2.72. The van der Waals surface area contributed by atoms with E-state index in [1.54, 1.807) is 27.0 Å². The molecule has 3 saturated carbocycles. The normalized spacial score (nSPS) is 38.0. The van der Waals surface area contributed by atoms with Crippen LogP contribution in [0.5, 0.6) is 0 Å². The van der Waals surface area contributed by atoms with Crippen molar-refractivity contribution in [3.8, 4) is 0 Å². The van der Waals surface area contributed by atoms with E-state index in [0.29, 0.717) is 49.4 Å². The first kappa shape index (κ1) is 33.0. The van der Waals surface area contributed by atoms with Gasteiger partial charge in [0.2, 0.25) is 5.91 Å². The van der Waals surface area contributed by atoms with Crippen LogP contribution in [-0.4, -0.2) is 77.9 Å². The SMILES string of the molecule is CCC(=O)OC12CCC3C4CCC5=CC(N=C(C)/C=C(\C)C(=O)NCCOC)=C(C=N)CC5(C)C4C(O)CC31OC2SCF. The Morgan fingerprint density at radius 1 is 1.34 bits per heavy atom. The predicted octanol–water partition coefficient (Wildman–Crippen LogP) is 5.04. The molecule has 5 rings (SSSR count). The molecule has 242 valence electrons. The summed E-state index contributed by atoms with van der Waals surface area (Å²) >= 11 is 1.03. The third kappa shape index (κ3) is 5.31. The zero-order chi connectivity index (χ0) is 31.9. The van der Waals surface area contributed by atoms with Gasteiger partial charge in [0.1, 0.15) is 17.0 Å². The Morgan fingerprint density at radius 2 is 2.11 bits per heavy atom. The zero-order valence-electron chi connectivity index (χ0n) is 26.4. The van der Waals surface area contributed by atoms with Gasteiger partial charge in [0, 0.05) is 44.0 Å². The van der Waals surface area contributed by atoms with Gasteiger partial charge < -0.3 is 30.0 Å². The molecule has 0 radical (unpaired) electrons. The minimum atomic E-state index is -0.914. The maximum absolute atomic E-state index is 13.5. The average Bonchev–Trinajstić information content (AvgIpc) is 3.22. The zero-order valence-corrected chi connectivity index (χ0v) is 27.2. The highest BCUT2D eigenvalue weighted by molar-refractivity contribution is 7.99. The number of allylic oxidation sites excluding steroid dienone is 4. The number of halogens is 1. The summed E-state index contributed by atoms with van der Waals surface area (Å²) in [6.45, 7) is 8.41. The van der Waals surface area contributed by atoms with Crippen LogP contribution >= 0.6 is 11.8 Å². The summed E-state index contributed by atoms with van der Waals surface area (Å²) in [6.07, 6.45) is 8.71. The molecule has 4 fully saturated rings. The molecule has 1 amide bonds. The van der Waals surface area contributed by atoms with E-state index < -0.39 is 28.7 Å². The number of aliphatic hydroxyl groups excluding tert-OH is 1. The van der Waals surface area contributed by atoms with E-state index in [2.05, 4.69) is 18.3 Å². The number of carbonyl (C=O) groups is 2. The van der Waals surface area contributed by atoms with Gasteiger partial charge in [-0.2, -0.15) is 0 Å². The Balaban J connectivity index is 1.40. The first-order valence-electron chi connectivity index (χ1n) is 15.7. The second kappa shape index (κ2) is 12.8. The Bertz CT molecular complexity index is 1310. The predicted molar refractivity (Wildman–Crippen MR) is 168 cm³/mol. The number of aliphatic hydroxyl groups is 1. The number of nitrogens with one attached hydrogen (secondary N) is 2. The summed E-state index contributed by atoms with van der Waals surface area (Å²) in [4.78, 5) is 29.8. The summed E-state index contributed by atoms with van der Waals surface area (Å²) in [5.74, 6) is -0.330. The van der Waals surface area contributed by atoms with Gasteiger partial charge in [0.15, 0.2) is 5.60 Å². The van der Waals surface area contributed by atoms with E-state index in [0.717, 1.165) is 36.6 Å². The smallest absolute Gasteiger partial charge is 0.306 e. The standard InChI is InChI=1S/C33H46FN3O6S/c1-6-27(39)42-32-10-9-24-23-8-7-22-14-25(37-20(3)13-19(2)29(40)36-11-12-41-5)21(17-35)15-31(22,4)28(23)26(38)16-33(24,32)43-30(32)44-18-34/h13-14,17,23-24,26,28,30,35,38H,6-12,15-16,18H2,1-5H3,(H,36,40)/b19-13+,35-17?,37-20?. The number of nitrogens with zero attached hydrogens (tertiary/aromatic N) is 1. The molecule has 0 aromatic rings. The number of alkyl halides is 1. The minimum Gasteiger partial charge on any atom is -0.452 e. The van der Waals surface area contributed by atoms with Gasteiger partial charge in [-0.3, -0.25) is 14.6 Å². The molecule has 8 unspecified atom stereocenters. The number of rotatable bonds is 11. The maximum Gasteiger partial charge on any atom is 0.306 e. The highest BCUT2D eigenvalue weighted by atomic mass is 32.2. The van der Waals surface area contributed by atoms with E-state index in [4.69, 9.17) is 24.6 Å². The fourth-order valence-electron chi connectivity index (χ4n) is 9.00. The molecule has 0 aromatic carbocycles. The van der Waals surface area contributed by atoms with Crippen LogP contribution in [0.4, 0.5) is 4.39 Å². The molecule has 1 spiro atoms. The Morgan fingerprint density at radius 3 is 2.80 bits per heavy atom. The summed E-state index contributed by atoms with van der Waals surface area (Å²) in [7, 11) is 1.58. The molecule has 1 heterocycles. The van der Waals surface area contributed by atoms with Gasteiger partial charge in [0.25, 0.3) is 0 Å². The highest BCUT2D eigenvalue weighted by Gasteiger charge is 2.80. The number of hydrogen-bond donors (Lipinski definition) is 3. The largest absolute Gasteiger partial charge is 0.452 e. The van der Waals surface area contributed by atoms with E-state index in [1.165, 1.54) is 11.8 Å². The second-order valence-electron chi connectivity index (χ2n) is 13.1. The Hall–Kier alpha value is -2.34. The molecule has 5 aliphatic rings. The van der Waals surface area contributed by atoms with Crippen molar-refractivity contribution in [3.05, 3.63) is 34.6 Å². The van der Waals surface area contributed by atoms with Crippen molar-refractivity contribution in [1.29, 1.82) is 5.41 Å². The first-order chi connectivity index (χ1) is 21.0. The minimum absolute atomic E-state index is 0.0632. The van der Waals surface area contributed by atoms with Crippen LogP contribution in [0.2, 0.25) is 0 Å². The third-order valence-corrected chi connectivity index (χ3v) is 11.7. The van der Waals surface area contributed by atoms with E-state index >= 15 is 0 Å². The van der Waals surface area contributed by atoms with Gasteiger partial charge in [-0.1, -0.05) is 31.2 Å². The monoisotopic (exact) mass is 631 g/mol. The molecule has 1 aliphatic heterocycles. The summed E-state index contributed by atoms with van der Waals surface area (Å²) < 4.78 is 31.1. The van der Waals surface area contributed by atoms with E-state index in [9.17, 15) is 19.1 Å². The number of esters is 1. The van der Waals surface area contributed by atoms with Crippen LogP contribution in [0.1, 0.15) is 72.6 Å². The van der Waals surface area contributed by atoms with Gasteiger partial charge in [-0.25, -0.2) is 4.39 Å². The van der Waals surface area contributed by atoms with Gasteiger partial charge in [-0.05, 0) is 86.8 Å². The quantitative estimate of drug-likeness (QED) is 0.126. The molecule has 8 atom stereocenters. The number of fused-ring (bicyclic) bond motifs is 4. The molecule has 0 bridgehead atoms. The molecule has 9 nitrogen and oxygen atoms in total. The van der Waals surface area contributed by atoms with Crippen molar-refractivity contribution in [2.45, 2.75) is 95.4 Å². The molecule has 4 aliphatic carbocycles. The number of hydrogen-bond acceptors (Lipinski definition) is 9. The summed E-state index contributed by atoms with van der Waals surface area (Å²) in [5.41, 5.74) is 1.27. The number of carbonyl (C=O) groups excluding carboxylic acids is 2. The molecule has 11 heteroatoms. The fraction of sp³-hybridized carbons (Fsp3) is 0.697. The van der Waals surface area contributed by atoms with Gasteiger partial charge in [-0.15, -0.1) is 0 Å². The average molecular weight is 632 g/mol. The van der Waals surface area contributed by atoms with Crippen molar-refractivity contribution in [3.63, 3.8) is 0 Å². The van der Waals surface area contributed by atoms with Gasteiger partial charge in [0.05, 0.1) is 18.4 Å². The summed E-state index contributed by atoms with van der Waals surface area (Å²) in [6, 6.07) is -0.627. The molecule has 1 saturated heterocycles. The molecule has 3 N–H and O–H groups in total. The van der Waals surface area contributed by atoms with Crippen LogP contribution in [-0.2, 0) is 23.8 Å². The van der Waals surface area contributed by atoms with Crippen molar-refractivity contribution in [2.75, 3.05) is 26.3 Å². The van der Waals surface area contributed by atoms with Crippen LogP contribution < -0.4 is 5.32 Å². The number of amides is 1.